The zero-order valence-corrected chi connectivity index (χ0v) is 19.2. The number of nitrogens with one attached hydrogen (secondary N) is 1. The van der Waals surface area contributed by atoms with Gasteiger partial charge in [-0.15, -0.1) is 0 Å². The van der Waals surface area contributed by atoms with Crippen LogP contribution in [0.15, 0.2) is 66.7 Å². The summed E-state index contributed by atoms with van der Waals surface area (Å²) in [5.41, 5.74) is 3.24. The van der Waals surface area contributed by atoms with E-state index >= 15 is 0 Å². The molecule has 1 N–H and O–H groups in total. The predicted octanol–water partition coefficient (Wildman–Crippen LogP) is 3.48. The summed E-state index contributed by atoms with van der Waals surface area (Å²) < 4.78 is 0. The number of amides is 1. The normalized spacial score (nSPS) is 15.6. The van der Waals surface area contributed by atoms with Gasteiger partial charge in [0.15, 0.2) is 11.6 Å². The Kier molecular flexibility index (Phi) is 6.13. The number of hydrogen-bond donors (Lipinski definition) is 1. The van der Waals surface area contributed by atoms with Crippen LogP contribution in [0, 0.1) is 11.3 Å². The van der Waals surface area contributed by atoms with Gasteiger partial charge in [0.1, 0.15) is 6.07 Å². The van der Waals surface area contributed by atoms with Crippen molar-refractivity contribution in [2.45, 2.75) is 6.42 Å². The number of benzene rings is 3. The minimum atomic E-state index is -0.257. The van der Waals surface area contributed by atoms with Gasteiger partial charge >= 0.3 is 0 Å². The van der Waals surface area contributed by atoms with E-state index in [2.05, 4.69) is 21.2 Å². The first-order valence-corrected chi connectivity index (χ1v) is 11.6. The van der Waals surface area contributed by atoms with Gasteiger partial charge in [0.05, 0.1) is 29.0 Å². The van der Waals surface area contributed by atoms with Gasteiger partial charge < -0.3 is 10.2 Å². The van der Waals surface area contributed by atoms with E-state index in [0.717, 1.165) is 25.2 Å². The smallest absolute Gasteiger partial charge is 0.238 e. The predicted molar refractivity (Wildman–Crippen MR) is 133 cm³/mol. The van der Waals surface area contributed by atoms with Crippen LogP contribution in [0.5, 0.6) is 0 Å². The van der Waals surface area contributed by atoms with Crippen molar-refractivity contribution in [2.75, 3.05) is 42.9 Å². The number of ketones is 2. The van der Waals surface area contributed by atoms with E-state index in [1.165, 1.54) is 0 Å². The Hall–Kier alpha value is -4.28. The zero-order chi connectivity index (χ0) is 24.4. The molecule has 1 aliphatic carbocycles. The highest BCUT2D eigenvalue weighted by Gasteiger charge is 2.31. The Bertz CT molecular complexity index is 1370. The summed E-state index contributed by atoms with van der Waals surface area (Å²) >= 11 is 0. The Balaban J connectivity index is 1.28. The van der Waals surface area contributed by atoms with Gasteiger partial charge in [-0.3, -0.25) is 19.3 Å². The summed E-state index contributed by atoms with van der Waals surface area (Å²) in [5, 5.41) is 12.3. The molecule has 0 saturated carbocycles. The van der Waals surface area contributed by atoms with Gasteiger partial charge in [-0.2, -0.15) is 5.26 Å². The molecule has 0 radical (unpaired) electrons. The van der Waals surface area contributed by atoms with Crippen LogP contribution in [0.4, 0.5) is 11.4 Å². The largest absolute Gasteiger partial charge is 0.369 e. The minimum absolute atomic E-state index is 0.177. The summed E-state index contributed by atoms with van der Waals surface area (Å²) in [4.78, 5) is 43.3. The third-order valence-electron chi connectivity index (χ3n) is 6.55. The lowest BCUT2D eigenvalue weighted by atomic mass is 9.83. The Labute approximate surface area is 203 Å². The number of fused-ring (bicyclic) bond motifs is 2. The van der Waals surface area contributed by atoms with Crippen LogP contribution in [-0.4, -0.2) is 55.1 Å². The molecule has 7 nitrogen and oxygen atoms in total. The molecular weight excluding hydrogens is 440 g/mol. The number of nitriles is 1. The maximum absolute atomic E-state index is 13.2. The molecular formula is C28H24N4O3. The van der Waals surface area contributed by atoms with Gasteiger partial charge in [-0.05, 0) is 24.6 Å². The van der Waals surface area contributed by atoms with Crippen LogP contribution in [0.25, 0.3) is 0 Å². The number of carbonyl (C=O) groups is 3. The average molecular weight is 465 g/mol. The lowest BCUT2D eigenvalue weighted by Gasteiger charge is -2.24. The van der Waals surface area contributed by atoms with Crippen molar-refractivity contribution < 1.29 is 14.4 Å². The van der Waals surface area contributed by atoms with E-state index in [1.54, 1.807) is 42.5 Å². The molecule has 1 aliphatic heterocycles. The lowest BCUT2D eigenvalue weighted by molar-refractivity contribution is -0.117. The highest BCUT2D eigenvalue weighted by Crippen LogP contribution is 2.32. The summed E-state index contributed by atoms with van der Waals surface area (Å²) in [6.07, 6.45) is 0.859. The van der Waals surface area contributed by atoms with Crippen molar-refractivity contribution in [3.63, 3.8) is 0 Å². The van der Waals surface area contributed by atoms with Gasteiger partial charge in [-0.1, -0.05) is 48.5 Å². The van der Waals surface area contributed by atoms with Crippen LogP contribution in [0.3, 0.4) is 0 Å². The monoisotopic (exact) mass is 464 g/mol. The molecule has 3 aromatic rings. The first-order valence-electron chi connectivity index (χ1n) is 11.6. The van der Waals surface area contributed by atoms with Crippen molar-refractivity contribution in [2.24, 2.45) is 0 Å². The average Bonchev–Trinajstić information content (AvgIpc) is 3.12. The van der Waals surface area contributed by atoms with Crippen molar-refractivity contribution in [3.8, 4) is 6.07 Å². The second kappa shape index (κ2) is 9.53. The summed E-state index contributed by atoms with van der Waals surface area (Å²) in [5.74, 6) is -0.701. The van der Waals surface area contributed by atoms with Crippen molar-refractivity contribution in [1.82, 2.24) is 4.90 Å². The van der Waals surface area contributed by atoms with Crippen LogP contribution < -0.4 is 10.2 Å². The lowest BCUT2D eigenvalue weighted by Crippen LogP contribution is -2.37. The van der Waals surface area contributed by atoms with E-state index in [1.807, 2.05) is 24.3 Å². The number of rotatable bonds is 4. The van der Waals surface area contributed by atoms with E-state index in [0.29, 0.717) is 41.0 Å². The maximum Gasteiger partial charge on any atom is 0.238 e. The van der Waals surface area contributed by atoms with E-state index in [-0.39, 0.29) is 29.6 Å². The molecule has 0 aromatic heterocycles. The molecule has 0 unspecified atom stereocenters. The molecule has 0 spiro atoms. The summed E-state index contributed by atoms with van der Waals surface area (Å²) in [6, 6.07) is 21.6. The van der Waals surface area contributed by atoms with Crippen LogP contribution >= 0.6 is 0 Å². The summed E-state index contributed by atoms with van der Waals surface area (Å²) in [7, 11) is 0. The molecule has 0 atom stereocenters. The Morgan fingerprint density at radius 3 is 2.34 bits per heavy atom. The van der Waals surface area contributed by atoms with Crippen molar-refractivity contribution in [3.05, 3.63) is 94.5 Å². The number of anilines is 2. The molecule has 7 heteroatoms. The molecule has 174 valence electrons. The molecule has 2 aliphatic rings. The van der Waals surface area contributed by atoms with Crippen molar-refractivity contribution >= 4 is 28.8 Å². The highest BCUT2D eigenvalue weighted by molar-refractivity contribution is 6.30. The third-order valence-corrected chi connectivity index (χ3v) is 6.55. The summed E-state index contributed by atoms with van der Waals surface area (Å²) in [6.45, 7) is 3.10. The zero-order valence-electron chi connectivity index (χ0n) is 19.2. The second-order valence-corrected chi connectivity index (χ2v) is 8.73. The van der Waals surface area contributed by atoms with Crippen LogP contribution in [0.2, 0.25) is 0 Å². The molecule has 35 heavy (non-hydrogen) atoms. The molecule has 1 heterocycles. The second-order valence-electron chi connectivity index (χ2n) is 8.73. The quantitative estimate of drug-likeness (QED) is 0.497. The number of para-hydroxylation sites is 1. The SMILES string of the molecule is N#Cc1ccccc1N1CCCN(CC(=O)Nc2cccc3c2C(=O)c2ccccc2C3=O)CC1. The Morgan fingerprint density at radius 1 is 0.829 bits per heavy atom. The molecule has 1 saturated heterocycles. The fourth-order valence-corrected chi connectivity index (χ4v) is 4.86. The highest BCUT2D eigenvalue weighted by atomic mass is 16.2. The molecule has 5 rings (SSSR count). The van der Waals surface area contributed by atoms with Crippen molar-refractivity contribution in [1.29, 1.82) is 5.26 Å². The van der Waals surface area contributed by atoms with E-state index < -0.39 is 0 Å². The number of carbonyl (C=O) groups excluding carboxylic acids is 3. The third kappa shape index (κ3) is 4.32. The van der Waals surface area contributed by atoms with Gasteiger partial charge in [0.25, 0.3) is 0 Å². The van der Waals surface area contributed by atoms with Gasteiger partial charge in [0.2, 0.25) is 5.91 Å². The van der Waals surface area contributed by atoms with E-state index in [9.17, 15) is 19.6 Å². The first-order chi connectivity index (χ1) is 17.1. The van der Waals surface area contributed by atoms with Crippen LogP contribution in [0.1, 0.15) is 43.8 Å². The number of nitrogens with zero attached hydrogens (tertiary/aromatic N) is 3. The van der Waals surface area contributed by atoms with Gasteiger partial charge in [0, 0.05) is 42.9 Å². The molecule has 1 amide bonds. The molecule has 0 bridgehead atoms. The van der Waals surface area contributed by atoms with Crippen LogP contribution in [-0.2, 0) is 4.79 Å². The fraction of sp³-hybridized carbons (Fsp3) is 0.214. The topological polar surface area (TPSA) is 93.5 Å². The van der Waals surface area contributed by atoms with Gasteiger partial charge in [-0.25, -0.2) is 0 Å². The number of hydrogen-bond acceptors (Lipinski definition) is 6. The van der Waals surface area contributed by atoms with E-state index in [4.69, 9.17) is 0 Å². The first kappa shape index (κ1) is 22.5. The Morgan fingerprint density at radius 2 is 1.54 bits per heavy atom. The molecule has 3 aromatic carbocycles. The minimum Gasteiger partial charge on any atom is -0.369 e. The fourth-order valence-electron chi connectivity index (χ4n) is 4.86. The molecule has 1 fully saturated rings. The maximum atomic E-state index is 13.2. The standard InChI is InChI=1S/C28H24N4O3/c29-17-19-7-1-4-12-24(19)32-14-6-13-31(15-16-32)18-25(33)30-23-11-5-10-22-26(23)28(35)21-9-3-2-8-20(21)27(22)34/h1-5,7-12H,6,13-16,18H2,(H,30,33).